The highest BCUT2D eigenvalue weighted by atomic mass is 16.6. The third-order valence-corrected chi connectivity index (χ3v) is 5.64. The number of hydrogen-bond acceptors (Lipinski definition) is 5. The number of aliphatic hydroxyl groups is 1. The van der Waals surface area contributed by atoms with Gasteiger partial charge in [0.25, 0.3) is 0 Å². The second-order valence-corrected chi connectivity index (χ2v) is 7.34. The lowest BCUT2D eigenvalue weighted by atomic mass is 9.78. The molecule has 0 radical (unpaired) electrons. The van der Waals surface area contributed by atoms with Gasteiger partial charge in [-0.15, -0.1) is 0 Å². The van der Waals surface area contributed by atoms with Gasteiger partial charge in [-0.2, -0.15) is 0 Å². The number of β-amino-alcohol motifs (C(OH)–C–C–N with tert-alkyl or cyclic N) is 1. The minimum absolute atomic E-state index is 0.0444. The zero-order valence-corrected chi connectivity index (χ0v) is 14.6. The van der Waals surface area contributed by atoms with Crippen LogP contribution in [0.15, 0.2) is 18.2 Å². The Hall–Kier alpha value is -1.79. The van der Waals surface area contributed by atoms with Gasteiger partial charge in [-0.3, -0.25) is 9.69 Å². The molecule has 1 N–H and O–H groups in total. The van der Waals surface area contributed by atoms with Crippen LogP contribution >= 0.6 is 0 Å². The van der Waals surface area contributed by atoms with E-state index in [4.69, 9.17) is 9.47 Å². The number of ether oxygens (including phenoxy) is 2. The van der Waals surface area contributed by atoms with E-state index in [0.717, 1.165) is 56.9 Å². The van der Waals surface area contributed by atoms with Gasteiger partial charge in [0.15, 0.2) is 11.5 Å². The van der Waals surface area contributed by atoms with Crippen LogP contribution in [0.4, 0.5) is 0 Å². The lowest BCUT2D eigenvalue weighted by Gasteiger charge is -2.39. The normalized spacial score (nSPS) is 26.4. The first-order chi connectivity index (χ1) is 12.2. The average Bonchev–Trinajstić information content (AvgIpc) is 3.03. The number of carbonyl (C=O) groups excluding carboxylic acids is 1. The standard InChI is InChI=1S/C19H26N2O4/c22-9-8-21-6-1-4-19(18(21)23)5-7-20(14-19)13-15-2-3-16-17(12-15)25-11-10-24-16/h2-3,12,22H,1,4-11,13-14H2. The molecule has 3 aliphatic heterocycles. The minimum atomic E-state index is -0.249. The molecule has 4 rings (SSSR count). The fourth-order valence-corrected chi connectivity index (χ4v) is 4.40. The number of hydrogen-bond donors (Lipinski definition) is 1. The Morgan fingerprint density at radius 1 is 1.12 bits per heavy atom. The van der Waals surface area contributed by atoms with Gasteiger partial charge in [0.1, 0.15) is 13.2 Å². The number of piperidine rings is 1. The van der Waals surface area contributed by atoms with Crippen molar-refractivity contribution in [3.8, 4) is 11.5 Å². The van der Waals surface area contributed by atoms with E-state index in [1.54, 1.807) is 0 Å². The van der Waals surface area contributed by atoms with E-state index < -0.39 is 0 Å². The molecule has 1 unspecified atom stereocenters. The van der Waals surface area contributed by atoms with Crippen LogP contribution in [0.3, 0.4) is 0 Å². The highest BCUT2D eigenvalue weighted by molar-refractivity contribution is 5.84. The third-order valence-electron chi connectivity index (χ3n) is 5.64. The molecule has 1 atom stereocenters. The van der Waals surface area contributed by atoms with Crippen LogP contribution < -0.4 is 9.47 Å². The number of rotatable bonds is 4. The van der Waals surface area contributed by atoms with Gasteiger partial charge >= 0.3 is 0 Å². The molecular weight excluding hydrogens is 320 g/mol. The Morgan fingerprint density at radius 2 is 1.96 bits per heavy atom. The first kappa shape index (κ1) is 16.7. The van der Waals surface area contributed by atoms with Crippen molar-refractivity contribution in [2.24, 2.45) is 5.41 Å². The fourth-order valence-electron chi connectivity index (χ4n) is 4.40. The third kappa shape index (κ3) is 3.20. The quantitative estimate of drug-likeness (QED) is 0.889. The van der Waals surface area contributed by atoms with Crippen molar-refractivity contribution in [1.82, 2.24) is 9.80 Å². The van der Waals surface area contributed by atoms with Crippen LogP contribution in [0.5, 0.6) is 11.5 Å². The van der Waals surface area contributed by atoms with E-state index in [1.165, 1.54) is 5.56 Å². The first-order valence-corrected chi connectivity index (χ1v) is 9.21. The van der Waals surface area contributed by atoms with E-state index >= 15 is 0 Å². The fraction of sp³-hybridized carbons (Fsp3) is 0.632. The van der Waals surface area contributed by atoms with Gasteiger partial charge in [-0.25, -0.2) is 0 Å². The van der Waals surface area contributed by atoms with Crippen molar-refractivity contribution in [1.29, 1.82) is 0 Å². The van der Waals surface area contributed by atoms with Gasteiger partial charge in [-0.05, 0) is 43.5 Å². The second-order valence-electron chi connectivity index (χ2n) is 7.34. The summed E-state index contributed by atoms with van der Waals surface area (Å²) < 4.78 is 11.2. The number of carbonyl (C=O) groups is 1. The number of aliphatic hydroxyl groups excluding tert-OH is 1. The van der Waals surface area contributed by atoms with Crippen molar-refractivity contribution >= 4 is 5.91 Å². The molecule has 1 aromatic carbocycles. The molecule has 1 spiro atoms. The number of likely N-dealkylation sites (tertiary alicyclic amines) is 2. The van der Waals surface area contributed by atoms with Crippen LogP contribution in [0.2, 0.25) is 0 Å². The molecule has 0 bridgehead atoms. The lowest BCUT2D eigenvalue weighted by Crippen LogP contribution is -2.50. The SMILES string of the molecule is O=C1N(CCO)CCCC12CCN(Cc1ccc3c(c1)OCCO3)C2. The van der Waals surface area contributed by atoms with Crippen LogP contribution in [-0.2, 0) is 11.3 Å². The second kappa shape index (κ2) is 6.84. The maximum Gasteiger partial charge on any atom is 0.230 e. The summed E-state index contributed by atoms with van der Waals surface area (Å²) in [7, 11) is 0. The number of fused-ring (bicyclic) bond motifs is 1. The highest BCUT2D eigenvalue weighted by Crippen LogP contribution is 2.41. The van der Waals surface area contributed by atoms with Crippen molar-refractivity contribution in [2.45, 2.75) is 25.8 Å². The van der Waals surface area contributed by atoms with Crippen molar-refractivity contribution in [2.75, 3.05) is 46.0 Å². The largest absolute Gasteiger partial charge is 0.486 e. The summed E-state index contributed by atoms with van der Waals surface area (Å²) >= 11 is 0. The maximum absolute atomic E-state index is 12.9. The maximum atomic E-state index is 12.9. The van der Waals surface area contributed by atoms with E-state index in [-0.39, 0.29) is 17.9 Å². The van der Waals surface area contributed by atoms with Gasteiger partial charge in [0, 0.05) is 26.2 Å². The van der Waals surface area contributed by atoms with Crippen molar-refractivity contribution in [3.63, 3.8) is 0 Å². The van der Waals surface area contributed by atoms with E-state index in [1.807, 2.05) is 11.0 Å². The highest BCUT2D eigenvalue weighted by Gasteiger charge is 2.47. The van der Waals surface area contributed by atoms with Gasteiger partial charge in [0.2, 0.25) is 5.91 Å². The summed E-state index contributed by atoms with van der Waals surface area (Å²) in [5.74, 6) is 1.87. The zero-order valence-electron chi connectivity index (χ0n) is 14.6. The van der Waals surface area contributed by atoms with Crippen LogP contribution in [0.1, 0.15) is 24.8 Å². The van der Waals surface area contributed by atoms with Crippen LogP contribution in [0.25, 0.3) is 0 Å². The summed E-state index contributed by atoms with van der Waals surface area (Å²) in [6, 6.07) is 6.11. The van der Waals surface area contributed by atoms with Gasteiger partial charge in [-0.1, -0.05) is 6.07 Å². The Morgan fingerprint density at radius 3 is 2.80 bits per heavy atom. The Kier molecular flexibility index (Phi) is 4.56. The van der Waals surface area contributed by atoms with Crippen LogP contribution in [0, 0.1) is 5.41 Å². The molecule has 0 aliphatic carbocycles. The molecule has 6 nitrogen and oxygen atoms in total. The summed E-state index contributed by atoms with van der Waals surface area (Å²) in [6.45, 7) is 5.06. The molecular formula is C19H26N2O4. The minimum Gasteiger partial charge on any atom is -0.486 e. The zero-order chi connectivity index (χ0) is 17.3. The molecule has 1 amide bonds. The van der Waals surface area contributed by atoms with E-state index in [0.29, 0.717) is 19.8 Å². The van der Waals surface area contributed by atoms with Crippen molar-refractivity contribution in [3.05, 3.63) is 23.8 Å². The molecule has 2 saturated heterocycles. The summed E-state index contributed by atoms with van der Waals surface area (Å²) in [6.07, 6.45) is 2.91. The van der Waals surface area contributed by atoms with E-state index in [2.05, 4.69) is 17.0 Å². The van der Waals surface area contributed by atoms with Gasteiger partial charge in [0.05, 0.1) is 12.0 Å². The molecule has 0 saturated carbocycles. The summed E-state index contributed by atoms with van der Waals surface area (Å²) in [5, 5.41) is 9.18. The predicted molar refractivity (Wildman–Crippen MR) is 92.7 cm³/mol. The molecule has 2 fully saturated rings. The van der Waals surface area contributed by atoms with Crippen molar-refractivity contribution < 1.29 is 19.4 Å². The Balaban J connectivity index is 1.43. The van der Waals surface area contributed by atoms with Gasteiger partial charge < -0.3 is 19.5 Å². The molecule has 3 aliphatic rings. The monoisotopic (exact) mass is 346 g/mol. The predicted octanol–water partition coefficient (Wildman–Crippen LogP) is 1.26. The lowest BCUT2D eigenvalue weighted by molar-refractivity contribution is -0.146. The molecule has 1 aromatic rings. The smallest absolute Gasteiger partial charge is 0.230 e. The number of nitrogens with zero attached hydrogens (tertiary/aromatic N) is 2. The number of benzene rings is 1. The average molecular weight is 346 g/mol. The molecule has 0 aromatic heterocycles. The summed E-state index contributed by atoms with van der Waals surface area (Å²) in [4.78, 5) is 17.1. The Labute approximate surface area is 148 Å². The van der Waals surface area contributed by atoms with Crippen LogP contribution in [-0.4, -0.2) is 66.8 Å². The Bertz CT molecular complexity index is 648. The molecule has 25 heavy (non-hydrogen) atoms. The molecule has 136 valence electrons. The molecule has 6 heteroatoms. The molecule has 3 heterocycles. The van der Waals surface area contributed by atoms with E-state index in [9.17, 15) is 9.90 Å². The first-order valence-electron chi connectivity index (χ1n) is 9.21. The summed E-state index contributed by atoms with van der Waals surface area (Å²) in [5.41, 5.74) is 0.943. The topological polar surface area (TPSA) is 62.2 Å². The number of amides is 1.